The molecule has 1 N–H and O–H groups in total. The van der Waals surface area contributed by atoms with E-state index in [1.807, 2.05) is 16.3 Å². The standard InChI is InChI=1S/C13H21N3OS/c1-3-18-9-6-10(2)15-12-13(17)16(8-7-14-12)11-4-5-11/h7-8,10-11H,3-6,9H2,1-2H3,(H,14,15). The number of anilines is 1. The molecule has 1 unspecified atom stereocenters. The quantitative estimate of drug-likeness (QED) is 0.771. The third-order valence-electron chi connectivity index (χ3n) is 3.09. The average molecular weight is 267 g/mol. The van der Waals surface area contributed by atoms with Crippen molar-refractivity contribution in [3.05, 3.63) is 22.7 Å². The molecule has 1 aliphatic carbocycles. The Balaban J connectivity index is 1.96. The molecule has 100 valence electrons. The summed E-state index contributed by atoms with van der Waals surface area (Å²) in [7, 11) is 0. The molecule has 4 nitrogen and oxygen atoms in total. The summed E-state index contributed by atoms with van der Waals surface area (Å²) in [6.45, 7) is 4.27. The molecular weight excluding hydrogens is 246 g/mol. The molecule has 0 amide bonds. The third-order valence-corrected chi connectivity index (χ3v) is 4.02. The molecule has 0 aliphatic heterocycles. The van der Waals surface area contributed by atoms with Crippen molar-refractivity contribution >= 4 is 17.6 Å². The minimum atomic E-state index is 0.0231. The van der Waals surface area contributed by atoms with E-state index in [1.54, 1.807) is 12.4 Å². The summed E-state index contributed by atoms with van der Waals surface area (Å²) in [5.74, 6) is 2.76. The van der Waals surface area contributed by atoms with Crippen LogP contribution in [0.3, 0.4) is 0 Å². The Morgan fingerprint density at radius 3 is 3.06 bits per heavy atom. The monoisotopic (exact) mass is 267 g/mol. The van der Waals surface area contributed by atoms with E-state index in [0.29, 0.717) is 17.9 Å². The van der Waals surface area contributed by atoms with Gasteiger partial charge in [-0.25, -0.2) is 4.98 Å². The molecule has 0 bridgehead atoms. The Labute approximate surface area is 112 Å². The van der Waals surface area contributed by atoms with E-state index in [2.05, 4.69) is 24.1 Å². The number of nitrogens with zero attached hydrogens (tertiary/aromatic N) is 2. The first-order valence-corrected chi connectivity index (χ1v) is 7.79. The van der Waals surface area contributed by atoms with Gasteiger partial charge in [-0.05, 0) is 37.7 Å². The van der Waals surface area contributed by atoms with Crippen LogP contribution in [0.5, 0.6) is 0 Å². The van der Waals surface area contributed by atoms with E-state index < -0.39 is 0 Å². The first-order chi connectivity index (χ1) is 8.72. The van der Waals surface area contributed by atoms with Gasteiger partial charge in [-0.2, -0.15) is 11.8 Å². The molecule has 1 aliphatic rings. The largest absolute Gasteiger partial charge is 0.363 e. The highest BCUT2D eigenvalue weighted by Gasteiger charge is 2.25. The van der Waals surface area contributed by atoms with Crippen molar-refractivity contribution in [2.24, 2.45) is 0 Å². The second-order valence-corrected chi connectivity index (χ2v) is 6.14. The molecule has 18 heavy (non-hydrogen) atoms. The minimum Gasteiger partial charge on any atom is -0.363 e. The summed E-state index contributed by atoms with van der Waals surface area (Å²) < 4.78 is 1.81. The number of thioether (sulfide) groups is 1. The van der Waals surface area contributed by atoms with Crippen LogP contribution in [0, 0.1) is 0 Å². The summed E-state index contributed by atoms with van der Waals surface area (Å²) in [6.07, 6.45) is 6.80. The normalized spacial score (nSPS) is 16.6. The highest BCUT2D eigenvalue weighted by Crippen LogP contribution is 2.33. The van der Waals surface area contributed by atoms with E-state index in [1.165, 1.54) is 0 Å². The highest BCUT2D eigenvalue weighted by molar-refractivity contribution is 7.99. The van der Waals surface area contributed by atoms with Gasteiger partial charge in [-0.15, -0.1) is 0 Å². The van der Waals surface area contributed by atoms with E-state index in [9.17, 15) is 4.79 Å². The van der Waals surface area contributed by atoms with E-state index in [4.69, 9.17) is 0 Å². The maximum absolute atomic E-state index is 12.1. The maximum atomic E-state index is 12.1. The molecule has 1 fully saturated rings. The highest BCUT2D eigenvalue weighted by atomic mass is 32.2. The topological polar surface area (TPSA) is 46.9 Å². The Kier molecular flexibility index (Phi) is 4.69. The lowest BCUT2D eigenvalue weighted by Gasteiger charge is -2.14. The van der Waals surface area contributed by atoms with Crippen LogP contribution in [0.4, 0.5) is 5.82 Å². The van der Waals surface area contributed by atoms with Gasteiger partial charge in [-0.3, -0.25) is 4.79 Å². The predicted octanol–water partition coefficient (Wildman–Crippen LogP) is 2.52. The Bertz CT molecular complexity index is 442. The van der Waals surface area contributed by atoms with Crippen LogP contribution in [-0.2, 0) is 0 Å². The summed E-state index contributed by atoms with van der Waals surface area (Å²) in [4.78, 5) is 16.3. The number of hydrogen-bond donors (Lipinski definition) is 1. The minimum absolute atomic E-state index is 0.0231. The molecule has 1 heterocycles. The zero-order chi connectivity index (χ0) is 13.0. The van der Waals surface area contributed by atoms with Crippen LogP contribution in [0.25, 0.3) is 0 Å². The summed E-state index contributed by atoms with van der Waals surface area (Å²) in [5.41, 5.74) is 0.0231. The predicted molar refractivity (Wildman–Crippen MR) is 77.5 cm³/mol. The first-order valence-electron chi connectivity index (χ1n) is 6.63. The van der Waals surface area contributed by atoms with Gasteiger partial charge in [-0.1, -0.05) is 6.92 Å². The molecule has 1 aromatic rings. The Hall–Kier alpha value is -0.970. The number of aromatic nitrogens is 2. The molecule has 1 aromatic heterocycles. The molecule has 1 atom stereocenters. The lowest BCUT2D eigenvalue weighted by Crippen LogP contribution is -2.27. The van der Waals surface area contributed by atoms with Crippen LogP contribution < -0.4 is 10.9 Å². The van der Waals surface area contributed by atoms with Gasteiger partial charge in [0.1, 0.15) is 0 Å². The van der Waals surface area contributed by atoms with Crippen LogP contribution in [-0.4, -0.2) is 27.1 Å². The molecule has 1 saturated carbocycles. The van der Waals surface area contributed by atoms with Gasteiger partial charge in [0, 0.05) is 24.5 Å². The van der Waals surface area contributed by atoms with Crippen LogP contribution in [0.1, 0.15) is 39.2 Å². The van der Waals surface area contributed by atoms with Crippen molar-refractivity contribution in [3.8, 4) is 0 Å². The number of nitrogens with one attached hydrogen (secondary N) is 1. The number of hydrogen-bond acceptors (Lipinski definition) is 4. The van der Waals surface area contributed by atoms with E-state index in [0.717, 1.165) is 30.8 Å². The van der Waals surface area contributed by atoms with Gasteiger partial charge in [0.05, 0.1) is 0 Å². The lowest BCUT2D eigenvalue weighted by atomic mass is 10.2. The summed E-state index contributed by atoms with van der Waals surface area (Å²) >= 11 is 1.93. The molecule has 0 aromatic carbocycles. The van der Waals surface area contributed by atoms with Crippen LogP contribution in [0.15, 0.2) is 17.2 Å². The van der Waals surface area contributed by atoms with Crippen molar-refractivity contribution in [2.45, 2.75) is 45.2 Å². The van der Waals surface area contributed by atoms with Gasteiger partial charge in [0.15, 0.2) is 5.82 Å². The van der Waals surface area contributed by atoms with Crippen molar-refractivity contribution in [1.29, 1.82) is 0 Å². The molecular formula is C13H21N3OS. The van der Waals surface area contributed by atoms with Gasteiger partial charge >= 0.3 is 0 Å². The maximum Gasteiger partial charge on any atom is 0.293 e. The summed E-state index contributed by atoms with van der Waals surface area (Å²) in [6, 6.07) is 0.700. The van der Waals surface area contributed by atoms with E-state index >= 15 is 0 Å². The summed E-state index contributed by atoms with van der Waals surface area (Å²) in [5, 5.41) is 3.23. The Morgan fingerprint density at radius 2 is 2.39 bits per heavy atom. The first kappa shape index (κ1) is 13.5. The smallest absolute Gasteiger partial charge is 0.293 e. The SMILES string of the molecule is CCSCCC(C)Nc1nccn(C2CC2)c1=O. The lowest BCUT2D eigenvalue weighted by molar-refractivity contribution is 0.690. The van der Waals surface area contributed by atoms with Crippen molar-refractivity contribution in [3.63, 3.8) is 0 Å². The zero-order valence-corrected chi connectivity index (χ0v) is 11.9. The third kappa shape index (κ3) is 3.51. The molecule has 0 saturated heterocycles. The van der Waals surface area contributed by atoms with Crippen molar-refractivity contribution in [1.82, 2.24) is 9.55 Å². The number of rotatable bonds is 7. The van der Waals surface area contributed by atoms with Crippen molar-refractivity contribution in [2.75, 3.05) is 16.8 Å². The second kappa shape index (κ2) is 6.27. The van der Waals surface area contributed by atoms with Gasteiger partial charge in [0.25, 0.3) is 5.56 Å². The fraction of sp³-hybridized carbons (Fsp3) is 0.692. The van der Waals surface area contributed by atoms with E-state index in [-0.39, 0.29) is 5.56 Å². The average Bonchev–Trinajstić information content (AvgIpc) is 3.16. The molecule has 0 radical (unpaired) electrons. The molecule has 2 rings (SSSR count). The van der Waals surface area contributed by atoms with Gasteiger partial charge < -0.3 is 9.88 Å². The molecule has 5 heteroatoms. The second-order valence-electron chi connectivity index (χ2n) is 4.75. The fourth-order valence-electron chi connectivity index (χ4n) is 1.87. The fourth-order valence-corrected chi connectivity index (χ4v) is 2.68. The van der Waals surface area contributed by atoms with Gasteiger partial charge in [0.2, 0.25) is 0 Å². The zero-order valence-electron chi connectivity index (χ0n) is 11.1. The Morgan fingerprint density at radius 1 is 1.61 bits per heavy atom. The molecule has 0 spiro atoms. The van der Waals surface area contributed by atoms with Crippen LogP contribution in [0.2, 0.25) is 0 Å². The van der Waals surface area contributed by atoms with Crippen LogP contribution >= 0.6 is 11.8 Å². The van der Waals surface area contributed by atoms with Crippen molar-refractivity contribution < 1.29 is 0 Å².